The first kappa shape index (κ1) is 13.5. The third-order valence-corrected chi connectivity index (χ3v) is 2.66. The van der Waals surface area contributed by atoms with Crippen LogP contribution in [0.15, 0.2) is 24.3 Å². The summed E-state index contributed by atoms with van der Waals surface area (Å²) in [6.45, 7) is 2.32. The SMILES string of the molecule is CCOC(=O)c1nnn(Cc2ccc(C#N)cc2)c1N. The Morgan fingerprint density at radius 1 is 1.45 bits per heavy atom. The minimum absolute atomic E-state index is 0.0143. The van der Waals surface area contributed by atoms with Crippen LogP contribution in [0.3, 0.4) is 0 Å². The molecule has 2 aromatic rings. The maximum Gasteiger partial charge on any atom is 0.362 e. The fourth-order valence-electron chi connectivity index (χ4n) is 1.64. The molecule has 0 amide bonds. The number of anilines is 1. The average Bonchev–Trinajstić information content (AvgIpc) is 2.81. The van der Waals surface area contributed by atoms with E-state index in [0.29, 0.717) is 12.1 Å². The number of hydrogen-bond donors (Lipinski definition) is 1. The number of ether oxygens (including phenoxy) is 1. The molecular weight excluding hydrogens is 258 g/mol. The molecule has 0 radical (unpaired) electrons. The Morgan fingerprint density at radius 2 is 2.15 bits per heavy atom. The lowest BCUT2D eigenvalue weighted by Crippen LogP contribution is -2.10. The molecule has 0 unspecified atom stereocenters. The Hall–Kier alpha value is -2.88. The molecule has 20 heavy (non-hydrogen) atoms. The number of nitriles is 1. The van der Waals surface area contributed by atoms with E-state index in [0.717, 1.165) is 5.56 Å². The second-order valence-corrected chi connectivity index (χ2v) is 4.01. The summed E-state index contributed by atoms with van der Waals surface area (Å²) in [5.74, 6) is -0.427. The molecule has 0 atom stereocenters. The van der Waals surface area contributed by atoms with Crippen molar-refractivity contribution in [3.8, 4) is 6.07 Å². The van der Waals surface area contributed by atoms with Gasteiger partial charge in [0.25, 0.3) is 0 Å². The minimum Gasteiger partial charge on any atom is -0.461 e. The van der Waals surface area contributed by atoms with Crippen molar-refractivity contribution in [2.24, 2.45) is 0 Å². The molecule has 1 aromatic heterocycles. The molecule has 0 aliphatic carbocycles. The second-order valence-electron chi connectivity index (χ2n) is 4.01. The summed E-state index contributed by atoms with van der Waals surface area (Å²) in [5, 5.41) is 16.3. The van der Waals surface area contributed by atoms with Crippen LogP contribution in [0.2, 0.25) is 0 Å². The standard InChI is InChI=1S/C13H13N5O2/c1-2-20-13(19)11-12(15)18(17-16-11)8-10-5-3-9(7-14)4-6-10/h3-6H,2,8,15H2,1H3. The number of hydrogen-bond acceptors (Lipinski definition) is 6. The Balaban J connectivity index is 2.18. The molecule has 0 aliphatic rings. The topological polar surface area (TPSA) is 107 Å². The van der Waals surface area contributed by atoms with E-state index >= 15 is 0 Å². The second kappa shape index (κ2) is 5.84. The number of esters is 1. The molecule has 7 nitrogen and oxygen atoms in total. The maximum atomic E-state index is 11.6. The van der Waals surface area contributed by atoms with Crippen LogP contribution < -0.4 is 5.73 Å². The number of carbonyl (C=O) groups excluding carboxylic acids is 1. The van der Waals surface area contributed by atoms with Gasteiger partial charge >= 0.3 is 5.97 Å². The summed E-state index contributed by atoms with van der Waals surface area (Å²) in [6.07, 6.45) is 0. The van der Waals surface area contributed by atoms with E-state index in [1.807, 2.05) is 6.07 Å². The van der Waals surface area contributed by atoms with Gasteiger partial charge in [-0.3, -0.25) is 0 Å². The molecule has 0 saturated heterocycles. The predicted octanol–water partition coefficient (Wildman–Crippen LogP) is 0.957. The van der Waals surface area contributed by atoms with Crippen LogP contribution in [0.25, 0.3) is 0 Å². The Bertz CT molecular complexity index is 654. The van der Waals surface area contributed by atoms with Gasteiger partial charge in [0.15, 0.2) is 5.82 Å². The predicted molar refractivity (Wildman–Crippen MR) is 70.6 cm³/mol. The number of aromatic nitrogens is 3. The summed E-state index contributed by atoms with van der Waals surface area (Å²) in [4.78, 5) is 11.6. The van der Waals surface area contributed by atoms with Gasteiger partial charge < -0.3 is 10.5 Å². The zero-order valence-electron chi connectivity index (χ0n) is 10.9. The summed E-state index contributed by atoms with van der Waals surface area (Å²) < 4.78 is 6.24. The van der Waals surface area contributed by atoms with E-state index < -0.39 is 5.97 Å². The van der Waals surface area contributed by atoms with Crippen LogP contribution in [-0.4, -0.2) is 27.6 Å². The molecule has 0 aliphatic heterocycles. The fourth-order valence-corrected chi connectivity index (χ4v) is 1.64. The maximum absolute atomic E-state index is 11.6. The van der Waals surface area contributed by atoms with Gasteiger partial charge in [0.05, 0.1) is 24.8 Å². The van der Waals surface area contributed by atoms with Crippen LogP contribution in [0, 0.1) is 11.3 Å². The van der Waals surface area contributed by atoms with E-state index in [-0.39, 0.29) is 18.1 Å². The Labute approximate surface area is 115 Å². The number of rotatable bonds is 4. The molecule has 0 spiro atoms. The highest BCUT2D eigenvalue weighted by molar-refractivity contribution is 5.91. The van der Waals surface area contributed by atoms with Crippen molar-refractivity contribution in [1.29, 1.82) is 5.26 Å². The van der Waals surface area contributed by atoms with Crippen molar-refractivity contribution in [2.75, 3.05) is 12.3 Å². The van der Waals surface area contributed by atoms with Crippen LogP contribution in [0.5, 0.6) is 0 Å². The number of nitrogens with zero attached hydrogens (tertiary/aromatic N) is 4. The highest BCUT2D eigenvalue weighted by Crippen LogP contribution is 2.12. The first-order valence-corrected chi connectivity index (χ1v) is 6.00. The molecule has 1 heterocycles. The zero-order chi connectivity index (χ0) is 14.5. The van der Waals surface area contributed by atoms with Gasteiger partial charge in [0.2, 0.25) is 5.69 Å². The normalized spacial score (nSPS) is 10.0. The Kier molecular flexibility index (Phi) is 3.96. The first-order valence-electron chi connectivity index (χ1n) is 6.00. The fraction of sp³-hybridized carbons (Fsp3) is 0.231. The summed E-state index contributed by atoms with van der Waals surface area (Å²) in [5.41, 5.74) is 7.31. The van der Waals surface area contributed by atoms with Crippen molar-refractivity contribution in [3.05, 3.63) is 41.1 Å². The molecule has 0 saturated carbocycles. The van der Waals surface area contributed by atoms with Crippen LogP contribution in [0.1, 0.15) is 28.5 Å². The minimum atomic E-state index is -0.587. The number of nitrogens with two attached hydrogens (primary N) is 1. The van der Waals surface area contributed by atoms with Crippen LogP contribution >= 0.6 is 0 Å². The molecule has 1 aromatic carbocycles. The van der Waals surface area contributed by atoms with Crippen molar-refractivity contribution in [1.82, 2.24) is 15.0 Å². The lowest BCUT2D eigenvalue weighted by molar-refractivity contribution is 0.0520. The van der Waals surface area contributed by atoms with Crippen LogP contribution in [-0.2, 0) is 11.3 Å². The molecule has 102 valence electrons. The first-order chi connectivity index (χ1) is 9.65. The lowest BCUT2D eigenvalue weighted by Gasteiger charge is -2.04. The summed E-state index contributed by atoms with van der Waals surface area (Å²) in [6, 6.07) is 9.04. The number of nitrogen functional groups attached to an aromatic ring is 1. The van der Waals surface area contributed by atoms with Gasteiger partial charge in [-0.2, -0.15) is 5.26 Å². The largest absolute Gasteiger partial charge is 0.461 e. The summed E-state index contributed by atoms with van der Waals surface area (Å²) >= 11 is 0. The van der Waals surface area contributed by atoms with Crippen molar-refractivity contribution < 1.29 is 9.53 Å². The van der Waals surface area contributed by atoms with Crippen molar-refractivity contribution in [3.63, 3.8) is 0 Å². The van der Waals surface area contributed by atoms with Gasteiger partial charge in [-0.05, 0) is 24.6 Å². The van der Waals surface area contributed by atoms with Crippen molar-refractivity contribution >= 4 is 11.8 Å². The molecule has 2 N–H and O–H groups in total. The quantitative estimate of drug-likeness (QED) is 0.830. The van der Waals surface area contributed by atoms with E-state index in [4.69, 9.17) is 15.7 Å². The van der Waals surface area contributed by atoms with E-state index in [1.165, 1.54) is 4.68 Å². The molecule has 7 heteroatoms. The number of carbonyl (C=O) groups is 1. The Morgan fingerprint density at radius 3 is 2.75 bits per heavy atom. The van der Waals surface area contributed by atoms with Crippen LogP contribution in [0.4, 0.5) is 5.82 Å². The highest BCUT2D eigenvalue weighted by atomic mass is 16.5. The molecular formula is C13H13N5O2. The average molecular weight is 271 g/mol. The molecule has 0 bridgehead atoms. The smallest absolute Gasteiger partial charge is 0.362 e. The summed E-state index contributed by atoms with van der Waals surface area (Å²) in [7, 11) is 0. The molecule has 0 fully saturated rings. The highest BCUT2D eigenvalue weighted by Gasteiger charge is 2.18. The monoisotopic (exact) mass is 271 g/mol. The van der Waals surface area contributed by atoms with Gasteiger partial charge in [0, 0.05) is 0 Å². The van der Waals surface area contributed by atoms with Gasteiger partial charge in [0.1, 0.15) is 0 Å². The number of benzene rings is 1. The van der Waals surface area contributed by atoms with E-state index in [9.17, 15) is 4.79 Å². The lowest BCUT2D eigenvalue weighted by atomic mass is 10.1. The van der Waals surface area contributed by atoms with Crippen molar-refractivity contribution in [2.45, 2.75) is 13.5 Å². The zero-order valence-corrected chi connectivity index (χ0v) is 10.9. The third-order valence-electron chi connectivity index (χ3n) is 2.66. The third kappa shape index (κ3) is 2.75. The van der Waals surface area contributed by atoms with Gasteiger partial charge in [-0.15, -0.1) is 5.10 Å². The van der Waals surface area contributed by atoms with E-state index in [2.05, 4.69) is 10.3 Å². The molecule has 2 rings (SSSR count). The van der Waals surface area contributed by atoms with Gasteiger partial charge in [-0.1, -0.05) is 17.3 Å². The van der Waals surface area contributed by atoms with Gasteiger partial charge in [-0.25, -0.2) is 9.48 Å². The van der Waals surface area contributed by atoms with E-state index in [1.54, 1.807) is 31.2 Å².